The van der Waals surface area contributed by atoms with Crippen LogP contribution in [0.5, 0.6) is 0 Å². The second-order valence-corrected chi connectivity index (χ2v) is 9.80. The summed E-state index contributed by atoms with van der Waals surface area (Å²) in [6.45, 7) is 5.47. The number of rotatable bonds is 5. The highest BCUT2D eigenvalue weighted by atomic mass is 32.2. The van der Waals surface area contributed by atoms with Gasteiger partial charge in [-0.1, -0.05) is 17.7 Å². The fourth-order valence-corrected chi connectivity index (χ4v) is 4.90. The van der Waals surface area contributed by atoms with Gasteiger partial charge in [0.05, 0.1) is 29.6 Å². The van der Waals surface area contributed by atoms with Crippen molar-refractivity contribution in [3.63, 3.8) is 0 Å². The number of benzene rings is 1. The average molecular weight is 431 g/mol. The minimum Gasteiger partial charge on any atom is -0.376 e. The van der Waals surface area contributed by atoms with Crippen LogP contribution in [0.25, 0.3) is 0 Å². The Kier molecular flexibility index (Phi) is 6.01. The molecule has 1 aromatic heterocycles. The molecule has 0 radical (unpaired) electrons. The predicted molar refractivity (Wildman–Crippen MR) is 112 cm³/mol. The molecule has 1 amide bonds. The first-order valence-corrected chi connectivity index (χ1v) is 11.8. The van der Waals surface area contributed by atoms with Crippen molar-refractivity contribution in [3.8, 4) is 0 Å². The number of carbonyl (C=O) groups excluding carboxylic acids is 1. The molecule has 2 aliphatic rings. The normalized spacial score (nSPS) is 17.0. The quantitative estimate of drug-likeness (QED) is 0.707. The van der Waals surface area contributed by atoms with Crippen LogP contribution in [0.4, 0.5) is 5.95 Å². The van der Waals surface area contributed by atoms with Gasteiger partial charge in [-0.15, -0.1) is 0 Å². The molecule has 8 nitrogen and oxygen atoms in total. The van der Waals surface area contributed by atoms with E-state index in [1.807, 2.05) is 13.1 Å². The Labute approximate surface area is 176 Å². The van der Waals surface area contributed by atoms with E-state index in [2.05, 4.69) is 14.9 Å². The van der Waals surface area contributed by atoms with Gasteiger partial charge in [0.2, 0.25) is 11.9 Å². The van der Waals surface area contributed by atoms with Crippen LogP contribution in [0.1, 0.15) is 23.2 Å². The number of hydrogen-bond acceptors (Lipinski definition) is 7. The number of piperazine rings is 1. The zero-order valence-electron chi connectivity index (χ0n) is 17.1. The van der Waals surface area contributed by atoms with E-state index in [1.54, 1.807) is 29.2 Å². The van der Waals surface area contributed by atoms with Crippen LogP contribution in [0.3, 0.4) is 0 Å². The molecule has 3 heterocycles. The maximum atomic E-state index is 12.6. The van der Waals surface area contributed by atoms with Crippen molar-refractivity contribution in [3.05, 3.63) is 47.3 Å². The molecule has 0 unspecified atom stereocenters. The minimum absolute atomic E-state index is 0.00838. The summed E-state index contributed by atoms with van der Waals surface area (Å²) < 4.78 is 30.4. The van der Waals surface area contributed by atoms with Gasteiger partial charge in [-0.05, 0) is 19.1 Å². The number of aromatic nitrogens is 2. The second kappa shape index (κ2) is 8.69. The zero-order chi connectivity index (χ0) is 21.1. The Hall–Kier alpha value is -2.52. The maximum Gasteiger partial charge on any atom is 0.225 e. The highest BCUT2D eigenvalue weighted by Crippen LogP contribution is 2.19. The standard InChI is InChI=1S/C21H26N4O4S/c1-16-2-4-18(5-3-16)30(27,28)13-7-20(26)24-8-10-25(11-9-24)21-22-14-17-15-29-12-6-19(17)23-21/h2-5,14H,6-13,15H2,1H3. The molecule has 160 valence electrons. The van der Waals surface area contributed by atoms with Gasteiger partial charge in [-0.25, -0.2) is 18.4 Å². The molecule has 0 saturated carbocycles. The van der Waals surface area contributed by atoms with E-state index >= 15 is 0 Å². The van der Waals surface area contributed by atoms with Crippen molar-refractivity contribution >= 4 is 21.7 Å². The van der Waals surface area contributed by atoms with Gasteiger partial charge in [-0.3, -0.25) is 4.79 Å². The van der Waals surface area contributed by atoms with Crippen LogP contribution in [-0.2, 0) is 32.4 Å². The van der Waals surface area contributed by atoms with Gasteiger partial charge in [0.15, 0.2) is 9.84 Å². The third-order valence-corrected chi connectivity index (χ3v) is 7.29. The molecule has 1 saturated heterocycles. The summed E-state index contributed by atoms with van der Waals surface area (Å²) in [7, 11) is -3.46. The first kappa shape index (κ1) is 20.7. The van der Waals surface area contributed by atoms with E-state index in [-0.39, 0.29) is 23.0 Å². The van der Waals surface area contributed by atoms with Gasteiger partial charge in [-0.2, -0.15) is 0 Å². The van der Waals surface area contributed by atoms with Gasteiger partial charge in [0.25, 0.3) is 0 Å². The highest BCUT2D eigenvalue weighted by Gasteiger charge is 2.25. The van der Waals surface area contributed by atoms with Crippen LogP contribution in [0.15, 0.2) is 35.4 Å². The lowest BCUT2D eigenvalue weighted by molar-refractivity contribution is -0.131. The molecule has 9 heteroatoms. The molecule has 2 aliphatic heterocycles. The number of amides is 1. The lowest BCUT2D eigenvalue weighted by atomic mass is 10.1. The van der Waals surface area contributed by atoms with E-state index in [0.717, 1.165) is 23.2 Å². The summed E-state index contributed by atoms with van der Waals surface area (Å²) in [5.74, 6) is 0.379. The van der Waals surface area contributed by atoms with Crippen molar-refractivity contribution in [2.45, 2.75) is 31.3 Å². The van der Waals surface area contributed by atoms with E-state index in [0.29, 0.717) is 45.3 Å². The molecule has 2 aromatic rings. The van der Waals surface area contributed by atoms with Gasteiger partial charge < -0.3 is 14.5 Å². The molecule has 30 heavy (non-hydrogen) atoms. The minimum atomic E-state index is -3.46. The first-order valence-electron chi connectivity index (χ1n) is 10.2. The summed E-state index contributed by atoms with van der Waals surface area (Å²) in [6, 6.07) is 6.73. The molecule has 1 aromatic carbocycles. The van der Waals surface area contributed by atoms with Crippen LogP contribution in [0, 0.1) is 6.92 Å². The number of sulfone groups is 1. The highest BCUT2D eigenvalue weighted by molar-refractivity contribution is 7.91. The fraction of sp³-hybridized carbons (Fsp3) is 0.476. The zero-order valence-corrected chi connectivity index (χ0v) is 17.9. The number of carbonyl (C=O) groups is 1. The van der Waals surface area contributed by atoms with Crippen molar-refractivity contribution in [2.24, 2.45) is 0 Å². The monoisotopic (exact) mass is 430 g/mol. The first-order chi connectivity index (χ1) is 14.4. The smallest absolute Gasteiger partial charge is 0.225 e. The fourth-order valence-electron chi connectivity index (χ4n) is 3.67. The van der Waals surface area contributed by atoms with E-state index < -0.39 is 9.84 Å². The summed E-state index contributed by atoms with van der Waals surface area (Å²) in [5, 5.41) is 0. The van der Waals surface area contributed by atoms with Crippen molar-refractivity contribution in [2.75, 3.05) is 43.4 Å². The van der Waals surface area contributed by atoms with Gasteiger partial charge >= 0.3 is 0 Å². The van der Waals surface area contributed by atoms with E-state index in [9.17, 15) is 13.2 Å². The lowest BCUT2D eigenvalue weighted by Gasteiger charge is -2.35. The molecule has 0 aliphatic carbocycles. The number of anilines is 1. The summed E-state index contributed by atoms with van der Waals surface area (Å²) in [4.78, 5) is 25.7. The molecular weight excluding hydrogens is 404 g/mol. The molecule has 4 rings (SSSR count). The van der Waals surface area contributed by atoms with Crippen molar-refractivity contribution in [1.82, 2.24) is 14.9 Å². The number of aryl methyl sites for hydroxylation is 1. The Balaban J connectivity index is 1.30. The third-order valence-electron chi connectivity index (χ3n) is 5.56. The van der Waals surface area contributed by atoms with Crippen LogP contribution in [0.2, 0.25) is 0 Å². The lowest BCUT2D eigenvalue weighted by Crippen LogP contribution is -2.49. The number of fused-ring (bicyclic) bond motifs is 1. The Bertz CT molecular complexity index is 1020. The Morgan fingerprint density at radius 2 is 1.87 bits per heavy atom. The molecule has 0 spiro atoms. The molecule has 1 fully saturated rings. The predicted octanol–water partition coefficient (Wildman–Crippen LogP) is 1.37. The summed E-state index contributed by atoms with van der Waals surface area (Å²) in [6.07, 6.45) is 2.61. The number of ether oxygens (including phenoxy) is 1. The van der Waals surface area contributed by atoms with E-state index in [1.165, 1.54) is 0 Å². The Morgan fingerprint density at radius 3 is 2.60 bits per heavy atom. The molecule has 0 N–H and O–H groups in total. The summed E-state index contributed by atoms with van der Waals surface area (Å²) >= 11 is 0. The topological polar surface area (TPSA) is 92.7 Å². The van der Waals surface area contributed by atoms with Crippen LogP contribution in [-0.4, -0.2) is 67.7 Å². The summed E-state index contributed by atoms with van der Waals surface area (Å²) in [5.41, 5.74) is 3.07. The Morgan fingerprint density at radius 1 is 1.13 bits per heavy atom. The molecule has 0 atom stereocenters. The van der Waals surface area contributed by atoms with Crippen LogP contribution >= 0.6 is 0 Å². The largest absolute Gasteiger partial charge is 0.376 e. The SMILES string of the molecule is Cc1ccc(S(=O)(=O)CCC(=O)N2CCN(c3ncc4c(n3)CCOC4)CC2)cc1. The van der Waals surface area contributed by atoms with Crippen molar-refractivity contribution < 1.29 is 17.9 Å². The van der Waals surface area contributed by atoms with Gasteiger partial charge in [0.1, 0.15) is 0 Å². The van der Waals surface area contributed by atoms with Crippen LogP contribution < -0.4 is 4.90 Å². The number of hydrogen-bond donors (Lipinski definition) is 0. The van der Waals surface area contributed by atoms with Gasteiger partial charge in [0, 0.05) is 50.8 Å². The third kappa shape index (κ3) is 4.62. The molecular formula is C21H26N4O4S. The van der Waals surface area contributed by atoms with E-state index in [4.69, 9.17) is 4.74 Å². The average Bonchev–Trinajstić information content (AvgIpc) is 2.77. The second-order valence-electron chi connectivity index (χ2n) is 7.69. The maximum absolute atomic E-state index is 12.6. The number of nitrogens with zero attached hydrogens (tertiary/aromatic N) is 4. The van der Waals surface area contributed by atoms with Crippen molar-refractivity contribution in [1.29, 1.82) is 0 Å². The molecule has 0 bridgehead atoms.